The molecule has 0 radical (unpaired) electrons. The summed E-state index contributed by atoms with van der Waals surface area (Å²) in [5.74, 6) is -0.658. The highest BCUT2D eigenvalue weighted by atomic mass is 35.5. The third-order valence-corrected chi connectivity index (χ3v) is 3.85. The van der Waals surface area contributed by atoms with Crippen molar-refractivity contribution in [2.45, 2.75) is 13.3 Å². The Morgan fingerprint density at radius 3 is 2.63 bits per heavy atom. The lowest BCUT2D eigenvalue weighted by atomic mass is 10.3. The maximum absolute atomic E-state index is 13.8. The minimum Gasteiger partial charge on any atom is -0.382 e. The summed E-state index contributed by atoms with van der Waals surface area (Å²) in [5, 5.41) is 0.226. The van der Waals surface area contributed by atoms with Gasteiger partial charge in [0.25, 0.3) is 0 Å². The van der Waals surface area contributed by atoms with E-state index in [4.69, 9.17) is 16.3 Å². The Hall–Kier alpha value is -0.850. The monoisotopic (exact) mass is 309 g/mol. The highest BCUT2D eigenvalue weighted by molar-refractivity contribution is 7.92. The second-order valence-corrected chi connectivity index (χ2v) is 6.32. The molecule has 0 bridgehead atoms. The number of nitrogens with zero attached hydrogens (tertiary/aromatic N) is 1. The average molecular weight is 310 g/mol. The maximum Gasteiger partial charge on any atom is 0.232 e. The van der Waals surface area contributed by atoms with Crippen molar-refractivity contribution in [3.8, 4) is 0 Å². The summed E-state index contributed by atoms with van der Waals surface area (Å²) < 4.78 is 43.4. The molecule has 1 rings (SSSR count). The van der Waals surface area contributed by atoms with Gasteiger partial charge in [0.1, 0.15) is 5.82 Å². The van der Waals surface area contributed by atoms with Crippen LogP contribution >= 0.6 is 11.6 Å². The van der Waals surface area contributed by atoms with Crippen LogP contribution in [0.4, 0.5) is 10.1 Å². The van der Waals surface area contributed by atoms with Gasteiger partial charge in [0.05, 0.1) is 11.9 Å². The number of ether oxygens (including phenoxy) is 1. The first kappa shape index (κ1) is 16.2. The normalized spacial score (nSPS) is 11.6. The molecule has 0 fully saturated rings. The molecule has 0 saturated heterocycles. The summed E-state index contributed by atoms with van der Waals surface area (Å²) in [6, 6.07) is 3.91. The number of benzene rings is 1. The van der Waals surface area contributed by atoms with E-state index in [0.29, 0.717) is 19.6 Å². The van der Waals surface area contributed by atoms with Crippen molar-refractivity contribution >= 4 is 27.3 Å². The van der Waals surface area contributed by atoms with Gasteiger partial charge in [-0.2, -0.15) is 0 Å². The van der Waals surface area contributed by atoms with Crippen LogP contribution in [0.2, 0.25) is 5.02 Å². The van der Waals surface area contributed by atoms with Crippen LogP contribution in [0, 0.1) is 5.82 Å². The van der Waals surface area contributed by atoms with E-state index in [2.05, 4.69) is 0 Å². The van der Waals surface area contributed by atoms with E-state index in [9.17, 15) is 12.8 Å². The van der Waals surface area contributed by atoms with Gasteiger partial charge in [0.2, 0.25) is 10.0 Å². The smallest absolute Gasteiger partial charge is 0.232 e. The van der Waals surface area contributed by atoms with Gasteiger partial charge >= 0.3 is 0 Å². The van der Waals surface area contributed by atoms with Gasteiger partial charge < -0.3 is 4.74 Å². The summed E-state index contributed by atoms with van der Waals surface area (Å²) >= 11 is 5.65. The molecule has 0 heterocycles. The lowest BCUT2D eigenvalue weighted by molar-refractivity contribution is 0.146. The largest absolute Gasteiger partial charge is 0.382 e. The average Bonchev–Trinajstić information content (AvgIpc) is 2.29. The Balaban J connectivity index is 2.91. The standard InChI is InChI=1S/C12H17ClFNO3S/c1-3-18-8-4-7-15(19(2,16)17)12-6-5-10(13)9-11(12)14/h5-6,9H,3-4,7-8H2,1-2H3. The van der Waals surface area contributed by atoms with Crippen molar-refractivity contribution in [1.29, 1.82) is 0 Å². The summed E-state index contributed by atoms with van der Waals surface area (Å²) in [4.78, 5) is 0. The lowest BCUT2D eigenvalue weighted by Crippen LogP contribution is -2.32. The van der Waals surface area contributed by atoms with Gasteiger partial charge in [-0.3, -0.25) is 4.31 Å². The Kier molecular flexibility index (Phi) is 6.03. The van der Waals surface area contributed by atoms with E-state index < -0.39 is 15.8 Å². The van der Waals surface area contributed by atoms with Crippen molar-refractivity contribution in [1.82, 2.24) is 0 Å². The molecule has 7 heteroatoms. The molecule has 19 heavy (non-hydrogen) atoms. The highest BCUT2D eigenvalue weighted by Crippen LogP contribution is 2.24. The molecule has 1 aromatic rings. The number of anilines is 1. The Labute approximate surface area is 118 Å². The lowest BCUT2D eigenvalue weighted by Gasteiger charge is -2.22. The van der Waals surface area contributed by atoms with E-state index >= 15 is 0 Å². The number of hydrogen-bond acceptors (Lipinski definition) is 3. The number of hydrogen-bond donors (Lipinski definition) is 0. The molecular formula is C12H17ClFNO3S. The molecule has 108 valence electrons. The fraction of sp³-hybridized carbons (Fsp3) is 0.500. The van der Waals surface area contributed by atoms with Crippen molar-refractivity contribution < 1.29 is 17.5 Å². The highest BCUT2D eigenvalue weighted by Gasteiger charge is 2.20. The third kappa shape index (κ3) is 4.97. The van der Waals surface area contributed by atoms with E-state index in [1.54, 1.807) is 0 Å². The summed E-state index contributed by atoms with van der Waals surface area (Å²) in [6.45, 7) is 3.01. The van der Waals surface area contributed by atoms with Crippen molar-refractivity contribution in [3.63, 3.8) is 0 Å². The van der Waals surface area contributed by atoms with Crippen LogP contribution in [0.15, 0.2) is 18.2 Å². The van der Waals surface area contributed by atoms with Gasteiger partial charge in [-0.1, -0.05) is 11.6 Å². The van der Waals surface area contributed by atoms with Crippen LogP contribution in [0.5, 0.6) is 0 Å². The molecule has 0 aliphatic rings. The molecule has 0 unspecified atom stereocenters. The fourth-order valence-corrected chi connectivity index (χ4v) is 2.73. The Morgan fingerprint density at radius 1 is 1.42 bits per heavy atom. The number of rotatable bonds is 7. The van der Waals surface area contributed by atoms with Crippen LogP contribution in [-0.2, 0) is 14.8 Å². The summed E-state index contributed by atoms with van der Waals surface area (Å²) in [6.07, 6.45) is 1.53. The molecule has 0 aliphatic heterocycles. The zero-order valence-electron chi connectivity index (χ0n) is 10.9. The minimum absolute atomic E-state index is 0.00315. The quantitative estimate of drug-likeness (QED) is 0.728. The van der Waals surface area contributed by atoms with Crippen molar-refractivity contribution in [2.75, 3.05) is 30.3 Å². The second-order valence-electron chi connectivity index (χ2n) is 3.98. The first-order valence-electron chi connectivity index (χ1n) is 5.86. The maximum atomic E-state index is 13.8. The third-order valence-electron chi connectivity index (χ3n) is 2.43. The van der Waals surface area contributed by atoms with E-state index in [1.165, 1.54) is 12.1 Å². The second kappa shape index (κ2) is 7.07. The van der Waals surface area contributed by atoms with Crippen LogP contribution in [0.25, 0.3) is 0 Å². The summed E-state index contributed by atoms with van der Waals surface area (Å²) in [7, 11) is -3.55. The number of sulfonamides is 1. The zero-order chi connectivity index (χ0) is 14.5. The van der Waals surface area contributed by atoms with Crippen LogP contribution < -0.4 is 4.31 Å². The zero-order valence-corrected chi connectivity index (χ0v) is 12.5. The van der Waals surface area contributed by atoms with Crippen LogP contribution in [0.1, 0.15) is 13.3 Å². The predicted octanol–water partition coefficient (Wildman–Crippen LogP) is 2.67. The molecule has 1 aromatic carbocycles. The van der Waals surface area contributed by atoms with Gasteiger partial charge in [-0.15, -0.1) is 0 Å². The van der Waals surface area contributed by atoms with Crippen LogP contribution in [-0.4, -0.2) is 34.4 Å². The van der Waals surface area contributed by atoms with Crippen molar-refractivity contribution in [3.05, 3.63) is 29.0 Å². The number of halogens is 2. The molecule has 0 amide bonds. The first-order chi connectivity index (χ1) is 8.86. The molecule has 0 atom stereocenters. The van der Waals surface area contributed by atoms with Gasteiger partial charge in [-0.25, -0.2) is 12.8 Å². The molecule has 4 nitrogen and oxygen atoms in total. The minimum atomic E-state index is -3.55. The summed E-state index contributed by atoms with van der Waals surface area (Å²) in [5.41, 5.74) is 0.00315. The Bertz CT molecular complexity index is 522. The van der Waals surface area contributed by atoms with E-state index in [0.717, 1.165) is 16.6 Å². The SMILES string of the molecule is CCOCCCN(c1ccc(Cl)cc1F)S(C)(=O)=O. The Morgan fingerprint density at radius 2 is 2.11 bits per heavy atom. The topological polar surface area (TPSA) is 46.6 Å². The molecular weight excluding hydrogens is 293 g/mol. The van der Waals surface area contributed by atoms with E-state index in [1.807, 2.05) is 6.92 Å². The predicted molar refractivity (Wildman–Crippen MR) is 74.7 cm³/mol. The first-order valence-corrected chi connectivity index (χ1v) is 8.09. The molecule has 0 N–H and O–H groups in total. The van der Waals surface area contributed by atoms with Gasteiger partial charge in [0.15, 0.2) is 0 Å². The molecule has 0 saturated carbocycles. The van der Waals surface area contributed by atoms with E-state index in [-0.39, 0.29) is 17.3 Å². The van der Waals surface area contributed by atoms with Crippen LogP contribution in [0.3, 0.4) is 0 Å². The van der Waals surface area contributed by atoms with Crippen molar-refractivity contribution in [2.24, 2.45) is 0 Å². The molecule has 0 aromatic heterocycles. The molecule has 0 aliphatic carbocycles. The fourth-order valence-electron chi connectivity index (χ4n) is 1.60. The van der Waals surface area contributed by atoms with Gasteiger partial charge in [0, 0.05) is 24.8 Å². The molecule has 0 spiro atoms. The van der Waals surface area contributed by atoms with Gasteiger partial charge in [-0.05, 0) is 31.5 Å².